The van der Waals surface area contributed by atoms with Crippen LogP contribution in [0.2, 0.25) is 0 Å². The highest BCUT2D eigenvalue weighted by Gasteiger charge is 2.21. The number of aromatic nitrogens is 1. The van der Waals surface area contributed by atoms with Crippen LogP contribution in [0.25, 0.3) is 0 Å². The molecule has 0 aliphatic carbocycles. The molecule has 2 aromatic rings. The van der Waals surface area contributed by atoms with Crippen molar-refractivity contribution >= 4 is 23.1 Å². The molecule has 0 saturated carbocycles. The van der Waals surface area contributed by atoms with E-state index in [-0.39, 0.29) is 11.3 Å². The molecule has 0 amide bonds. The minimum absolute atomic E-state index is 0.0648. The molecule has 0 aromatic carbocycles. The Kier molecular flexibility index (Phi) is 3.68. The van der Waals surface area contributed by atoms with Gasteiger partial charge in [-0.3, -0.25) is 0 Å². The normalized spacial score (nSPS) is 14.9. The first-order chi connectivity index (χ1) is 7.66. The van der Waals surface area contributed by atoms with E-state index in [0.717, 1.165) is 0 Å². The molecule has 2 unspecified atom stereocenters. The highest BCUT2D eigenvalue weighted by molar-refractivity contribution is 7.99. The predicted molar refractivity (Wildman–Crippen MR) is 67.8 cm³/mol. The average Bonchev–Trinajstić information content (AvgIpc) is 2.84. The van der Waals surface area contributed by atoms with Crippen molar-refractivity contribution in [2.45, 2.75) is 30.4 Å². The van der Waals surface area contributed by atoms with Gasteiger partial charge in [-0.15, -0.1) is 11.3 Å². The molecule has 0 spiro atoms. The van der Waals surface area contributed by atoms with Gasteiger partial charge in [0.2, 0.25) is 0 Å². The summed E-state index contributed by atoms with van der Waals surface area (Å²) in [6.45, 7) is 4.11. The summed E-state index contributed by atoms with van der Waals surface area (Å²) < 4.78 is 5.24. The maximum Gasteiger partial charge on any atom is 0.256 e. The van der Waals surface area contributed by atoms with Gasteiger partial charge in [-0.2, -0.15) is 0 Å². The standard InChI is InChI=1S/C11H14N2OS2/c1-7-3-4-9(15-7)10(8(2)12)16-11-13-5-6-14-11/h3-6,8,10H,12H2,1-2H3. The molecule has 2 aromatic heterocycles. The van der Waals surface area contributed by atoms with E-state index in [0.29, 0.717) is 5.22 Å². The first kappa shape index (κ1) is 11.7. The summed E-state index contributed by atoms with van der Waals surface area (Å²) in [5.74, 6) is 0. The second-order valence-electron chi connectivity index (χ2n) is 3.64. The molecule has 0 fully saturated rings. The van der Waals surface area contributed by atoms with Gasteiger partial charge in [-0.1, -0.05) is 11.8 Å². The molecule has 0 bridgehead atoms. The van der Waals surface area contributed by atoms with Crippen molar-refractivity contribution in [3.63, 3.8) is 0 Å². The lowest BCUT2D eigenvalue weighted by atomic mass is 10.2. The monoisotopic (exact) mass is 254 g/mol. The molecule has 0 radical (unpaired) electrons. The lowest BCUT2D eigenvalue weighted by molar-refractivity contribution is 0.452. The fourth-order valence-electron chi connectivity index (χ4n) is 1.41. The van der Waals surface area contributed by atoms with E-state index in [1.165, 1.54) is 9.75 Å². The minimum Gasteiger partial charge on any atom is -0.440 e. The van der Waals surface area contributed by atoms with Gasteiger partial charge in [0, 0.05) is 15.8 Å². The van der Waals surface area contributed by atoms with E-state index >= 15 is 0 Å². The Morgan fingerprint density at radius 3 is 2.81 bits per heavy atom. The molecule has 0 aliphatic rings. The van der Waals surface area contributed by atoms with Crippen molar-refractivity contribution in [3.05, 3.63) is 34.3 Å². The second kappa shape index (κ2) is 5.03. The Morgan fingerprint density at radius 2 is 2.31 bits per heavy atom. The molecular weight excluding hydrogens is 240 g/mol. The molecule has 2 heterocycles. The van der Waals surface area contributed by atoms with Crippen LogP contribution < -0.4 is 5.73 Å². The van der Waals surface area contributed by atoms with Crippen LogP contribution in [0.3, 0.4) is 0 Å². The number of aryl methyl sites for hydroxylation is 1. The van der Waals surface area contributed by atoms with Gasteiger partial charge in [-0.05, 0) is 26.0 Å². The van der Waals surface area contributed by atoms with E-state index in [4.69, 9.17) is 10.2 Å². The zero-order valence-corrected chi connectivity index (χ0v) is 10.8. The molecule has 3 nitrogen and oxygen atoms in total. The Bertz CT molecular complexity index is 437. The number of rotatable bonds is 4. The number of nitrogens with two attached hydrogens (primary N) is 1. The average molecular weight is 254 g/mol. The maximum atomic E-state index is 6.01. The second-order valence-corrected chi connectivity index (χ2v) is 6.06. The van der Waals surface area contributed by atoms with E-state index in [1.54, 1.807) is 35.6 Å². The summed E-state index contributed by atoms with van der Waals surface area (Å²) in [5, 5.41) is 0.880. The smallest absolute Gasteiger partial charge is 0.256 e. The van der Waals surface area contributed by atoms with E-state index in [1.807, 2.05) is 6.92 Å². The molecule has 0 saturated heterocycles. The fraction of sp³-hybridized carbons (Fsp3) is 0.364. The molecule has 16 heavy (non-hydrogen) atoms. The van der Waals surface area contributed by atoms with Gasteiger partial charge in [0.1, 0.15) is 6.26 Å². The van der Waals surface area contributed by atoms with Crippen LogP contribution in [0.1, 0.15) is 21.9 Å². The van der Waals surface area contributed by atoms with Crippen LogP contribution in [0, 0.1) is 6.92 Å². The molecular formula is C11H14N2OS2. The van der Waals surface area contributed by atoms with Crippen molar-refractivity contribution < 1.29 is 4.42 Å². The summed E-state index contributed by atoms with van der Waals surface area (Å²) in [5.41, 5.74) is 6.01. The molecule has 2 rings (SSSR count). The van der Waals surface area contributed by atoms with Gasteiger partial charge in [0.25, 0.3) is 5.22 Å². The van der Waals surface area contributed by atoms with Crippen molar-refractivity contribution in [1.82, 2.24) is 4.98 Å². The number of thioether (sulfide) groups is 1. The topological polar surface area (TPSA) is 52.0 Å². The lowest BCUT2D eigenvalue weighted by Crippen LogP contribution is -2.21. The number of oxazole rings is 1. The van der Waals surface area contributed by atoms with E-state index in [2.05, 4.69) is 24.0 Å². The van der Waals surface area contributed by atoms with Crippen LogP contribution in [0.5, 0.6) is 0 Å². The minimum atomic E-state index is 0.0648. The zero-order chi connectivity index (χ0) is 11.5. The van der Waals surface area contributed by atoms with Crippen LogP contribution in [0.15, 0.2) is 34.2 Å². The van der Waals surface area contributed by atoms with Crippen LogP contribution in [0.4, 0.5) is 0 Å². The number of hydrogen-bond acceptors (Lipinski definition) is 5. The molecule has 2 N–H and O–H groups in total. The molecule has 0 aliphatic heterocycles. The summed E-state index contributed by atoms with van der Waals surface area (Å²) in [7, 11) is 0. The Balaban J connectivity index is 2.18. The van der Waals surface area contributed by atoms with E-state index < -0.39 is 0 Å². The number of thiophene rings is 1. The largest absolute Gasteiger partial charge is 0.440 e. The SMILES string of the molecule is Cc1ccc(C(Sc2ncco2)C(C)N)s1. The highest BCUT2D eigenvalue weighted by Crippen LogP contribution is 2.39. The number of hydrogen-bond donors (Lipinski definition) is 1. The summed E-state index contributed by atoms with van der Waals surface area (Å²) in [6.07, 6.45) is 3.24. The lowest BCUT2D eigenvalue weighted by Gasteiger charge is -2.16. The summed E-state index contributed by atoms with van der Waals surface area (Å²) in [4.78, 5) is 6.69. The third-order valence-electron chi connectivity index (χ3n) is 2.16. The van der Waals surface area contributed by atoms with Crippen molar-refractivity contribution in [1.29, 1.82) is 0 Å². The van der Waals surface area contributed by atoms with Gasteiger partial charge in [0.05, 0.1) is 11.4 Å². The van der Waals surface area contributed by atoms with Crippen LogP contribution in [-0.2, 0) is 0 Å². The Hall–Kier alpha value is -0.780. The van der Waals surface area contributed by atoms with Gasteiger partial charge in [-0.25, -0.2) is 4.98 Å². The Labute approximate surface area is 103 Å². The first-order valence-electron chi connectivity index (χ1n) is 5.05. The Morgan fingerprint density at radius 1 is 1.50 bits per heavy atom. The van der Waals surface area contributed by atoms with E-state index in [9.17, 15) is 0 Å². The predicted octanol–water partition coefficient (Wildman–Crippen LogP) is 3.23. The van der Waals surface area contributed by atoms with Crippen molar-refractivity contribution in [2.24, 2.45) is 5.73 Å². The molecule has 2 atom stereocenters. The third kappa shape index (κ3) is 2.66. The fourth-order valence-corrected chi connectivity index (χ4v) is 3.53. The van der Waals surface area contributed by atoms with Crippen molar-refractivity contribution in [3.8, 4) is 0 Å². The summed E-state index contributed by atoms with van der Waals surface area (Å²) in [6, 6.07) is 4.31. The quantitative estimate of drug-likeness (QED) is 0.851. The molecule has 5 heteroatoms. The van der Waals surface area contributed by atoms with Crippen LogP contribution >= 0.6 is 23.1 Å². The van der Waals surface area contributed by atoms with Gasteiger partial charge in [0.15, 0.2) is 0 Å². The van der Waals surface area contributed by atoms with Gasteiger partial charge < -0.3 is 10.2 Å². The van der Waals surface area contributed by atoms with Crippen molar-refractivity contribution in [2.75, 3.05) is 0 Å². The molecule has 86 valence electrons. The maximum absolute atomic E-state index is 6.01. The third-order valence-corrected chi connectivity index (χ3v) is 4.73. The summed E-state index contributed by atoms with van der Waals surface area (Å²) >= 11 is 3.35. The van der Waals surface area contributed by atoms with Gasteiger partial charge >= 0.3 is 0 Å². The van der Waals surface area contributed by atoms with Crippen LogP contribution in [-0.4, -0.2) is 11.0 Å². The number of nitrogens with zero attached hydrogens (tertiary/aromatic N) is 1. The highest BCUT2D eigenvalue weighted by atomic mass is 32.2. The zero-order valence-electron chi connectivity index (χ0n) is 9.21. The first-order valence-corrected chi connectivity index (χ1v) is 6.74.